The fraction of sp³-hybridized carbons (Fsp3) is 0.250. The van der Waals surface area contributed by atoms with Gasteiger partial charge in [-0.2, -0.15) is 23.3 Å². The highest BCUT2D eigenvalue weighted by Gasteiger charge is 2.63. The van der Waals surface area contributed by atoms with Gasteiger partial charge in [-0.3, -0.25) is 4.79 Å². The normalized spacial score (nSPS) is 20.7. The summed E-state index contributed by atoms with van der Waals surface area (Å²) in [5, 5.41) is 14.3. The molecule has 0 radical (unpaired) electrons. The number of benzene rings is 1. The average molecular weight is 373 g/mol. The molecule has 9 heteroatoms. The Kier molecular flexibility index (Phi) is 4.12. The van der Waals surface area contributed by atoms with Gasteiger partial charge in [0, 0.05) is 5.02 Å². The fourth-order valence-electron chi connectivity index (χ4n) is 2.44. The lowest BCUT2D eigenvalue weighted by molar-refractivity contribution is -0.297. The molecule has 0 saturated heterocycles. The van der Waals surface area contributed by atoms with Crippen LogP contribution in [0.2, 0.25) is 5.02 Å². The van der Waals surface area contributed by atoms with E-state index in [1.165, 1.54) is 36.4 Å². The number of aryl methyl sites for hydroxylation is 1. The third-order valence-electron chi connectivity index (χ3n) is 3.76. The first kappa shape index (κ1) is 17.5. The van der Waals surface area contributed by atoms with Gasteiger partial charge in [0.05, 0.1) is 12.1 Å². The summed E-state index contributed by atoms with van der Waals surface area (Å²) < 4.78 is 45.4. The van der Waals surface area contributed by atoms with Gasteiger partial charge < -0.3 is 9.52 Å². The highest BCUT2D eigenvalue weighted by Crippen LogP contribution is 2.42. The van der Waals surface area contributed by atoms with Crippen molar-refractivity contribution in [2.24, 2.45) is 5.10 Å². The molecule has 1 aliphatic rings. The summed E-state index contributed by atoms with van der Waals surface area (Å²) in [6.45, 7) is 1.54. The minimum atomic E-state index is -5.11. The molecular formula is C16H12ClF3N2O3. The predicted octanol–water partition coefficient (Wildman–Crippen LogP) is 3.74. The maximum Gasteiger partial charge on any atom is 0.438 e. The molecule has 0 unspecified atom stereocenters. The molecule has 3 rings (SSSR count). The predicted molar refractivity (Wildman–Crippen MR) is 83.2 cm³/mol. The Balaban J connectivity index is 2.04. The summed E-state index contributed by atoms with van der Waals surface area (Å²) >= 11 is 5.76. The van der Waals surface area contributed by atoms with Crippen LogP contribution in [0.3, 0.4) is 0 Å². The van der Waals surface area contributed by atoms with Crippen LogP contribution in [0.5, 0.6) is 0 Å². The molecule has 0 fully saturated rings. The molecule has 1 aromatic carbocycles. The summed E-state index contributed by atoms with van der Waals surface area (Å²) in [5.74, 6) is -1.18. The second kappa shape index (κ2) is 5.89. The summed E-state index contributed by atoms with van der Waals surface area (Å²) in [6, 6.07) is 8.54. The van der Waals surface area contributed by atoms with Crippen LogP contribution in [-0.4, -0.2) is 33.6 Å². The number of hydrogen-bond donors (Lipinski definition) is 1. The summed E-state index contributed by atoms with van der Waals surface area (Å²) in [7, 11) is 0. The molecule has 132 valence electrons. The largest absolute Gasteiger partial charge is 0.456 e. The smallest absolute Gasteiger partial charge is 0.438 e. The number of rotatable bonds is 2. The van der Waals surface area contributed by atoms with Gasteiger partial charge in [0.25, 0.3) is 5.72 Å². The first-order chi connectivity index (χ1) is 11.6. The highest BCUT2D eigenvalue weighted by atomic mass is 35.5. The number of alkyl halides is 3. The lowest BCUT2D eigenvalue weighted by Gasteiger charge is -2.32. The number of carbonyl (C=O) groups is 1. The van der Waals surface area contributed by atoms with Gasteiger partial charge in [-0.1, -0.05) is 23.7 Å². The Morgan fingerprint density at radius 2 is 1.92 bits per heavy atom. The molecular weight excluding hydrogens is 361 g/mol. The summed E-state index contributed by atoms with van der Waals surface area (Å²) in [6.07, 6.45) is -6.01. The molecule has 25 heavy (non-hydrogen) atoms. The van der Waals surface area contributed by atoms with Crippen molar-refractivity contribution in [1.82, 2.24) is 5.01 Å². The molecule has 0 spiro atoms. The first-order valence-electron chi connectivity index (χ1n) is 7.15. The fourth-order valence-corrected chi connectivity index (χ4v) is 2.56. The highest BCUT2D eigenvalue weighted by molar-refractivity contribution is 6.30. The van der Waals surface area contributed by atoms with Crippen molar-refractivity contribution >= 4 is 23.2 Å². The van der Waals surface area contributed by atoms with Crippen LogP contribution < -0.4 is 0 Å². The Hall–Kier alpha value is -2.32. The van der Waals surface area contributed by atoms with Crippen LogP contribution in [0.25, 0.3) is 0 Å². The number of amides is 1. The molecule has 1 atom stereocenters. The maximum atomic E-state index is 13.5. The number of carbonyl (C=O) groups excluding carboxylic acids is 1. The van der Waals surface area contributed by atoms with Gasteiger partial charge in [0.1, 0.15) is 5.76 Å². The van der Waals surface area contributed by atoms with E-state index in [0.29, 0.717) is 16.3 Å². The molecule has 1 aromatic heterocycles. The standard InChI is InChI=1S/C16H12ClF3N2O3/c1-9-2-7-13(25-9)14(23)22-15(24,16(18,19)20)8-12(21-22)10-3-5-11(17)6-4-10/h2-7,24H,8H2,1H3/t15-/m0/s1. The molecule has 1 N–H and O–H groups in total. The van der Waals surface area contributed by atoms with E-state index in [2.05, 4.69) is 5.10 Å². The third kappa shape index (κ3) is 3.03. The van der Waals surface area contributed by atoms with E-state index in [-0.39, 0.29) is 16.5 Å². The topological polar surface area (TPSA) is 66.0 Å². The van der Waals surface area contributed by atoms with Gasteiger partial charge in [-0.25, -0.2) is 0 Å². The lowest BCUT2D eigenvalue weighted by atomic mass is 10.0. The monoisotopic (exact) mass is 372 g/mol. The van der Waals surface area contributed by atoms with Crippen LogP contribution in [-0.2, 0) is 0 Å². The number of hydrogen-bond acceptors (Lipinski definition) is 4. The van der Waals surface area contributed by atoms with Gasteiger partial charge in [0.15, 0.2) is 5.76 Å². The molecule has 2 aromatic rings. The molecule has 0 bridgehead atoms. The van der Waals surface area contributed by atoms with E-state index < -0.39 is 24.2 Å². The minimum absolute atomic E-state index is 0.0230. The maximum absolute atomic E-state index is 13.5. The van der Waals surface area contributed by atoms with E-state index in [1.807, 2.05) is 0 Å². The zero-order chi connectivity index (χ0) is 18.4. The second-order valence-corrected chi connectivity index (χ2v) is 6.01. The minimum Gasteiger partial charge on any atom is -0.456 e. The van der Waals surface area contributed by atoms with Crippen molar-refractivity contribution in [1.29, 1.82) is 0 Å². The van der Waals surface area contributed by atoms with Crippen LogP contribution in [0.4, 0.5) is 13.2 Å². The van der Waals surface area contributed by atoms with Gasteiger partial charge >= 0.3 is 12.1 Å². The number of halogens is 4. The molecule has 0 aliphatic carbocycles. The van der Waals surface area contributed by atoms with E-state index in [0.717, 1.165) is 0 Å². The Bertz CT molecular complexity index is 845. The second-order valence-electron chi connectivity index (χ2n) is 5.57. The molecule has 5 nitrogen and oxygen atoms in total. The number of furan rings is 1. The summed E-state index contributed by atoms with van der Waals surface area (Å²) in [5.41, 5.74) is -3.23. The summed E-state index contributed by atoms with van der Waals surface area (Å²) in [4.78, 5) is 12.4. The molecule has 1 aliphatic heterocycles. The van der Waals surface area contributed by atoms with E-state index in [1.54, 1.807) is 6.92 Å². The van der Waals surface area contributed by atoms with Crippen LogP contribution in [0.1, 0.15) is 28.3 Å². The van der Waals surface area contributed by atoms with Gasteiger partial charge in [-0.15, -0.1) is 0 Å². The molecule has 0 saturated carbocycles. The van der Waals surface area contributed by atoms with Gasteiger partial charge in [-0.05, 0) is 36.8 Å². The van der Waals surface area contributed by atoms with Crippen LogP contribution >= 0.6 is 11.6 Å². The molecule has 2 heterocycles. The lowest BCUT2D eigenvalue weighted by Crippen LogP contribution is -2.56. The Morgan fingerprint density at radius 3 is 2.44 bits per heavy atom. The van der Waals surface area contributed by atoms with Crippen molar-refractivity contribution in [2.45, 2.75) is 25.2 Å². The Morgan fingerprint density at radius 1 is 1.28 bits per heavy atom. The number of nitrogens with zero attached hydrogens (tertiary/aromatic N) is 2. The van der Waals surface area contributed by atoms with Crippen molar-refractivity contribution in [2.75, 3.05) is 0 Å². The number of hydrazone groups is 1. The average Bonchev–Trinajstić information content (AvgIpc) is 3.11. The Labute approximate surface area is 145 Å². The number of aliphatic hydroxyl groups is 1. The molecule has 1 amide bonds. The van der Waals surface area contributed by atoms with Crippen molar-refractivity contribution in [3.8, 4) is 0 Å². The van der Waals surface area contributed by atoms with E-state index in [9.17, 15) is 23.1 Å². The van der Waals surface area contributed by atoms with Crippen LogP contribution in [0, 0.1) is 6.92 Å². The van der Waals surface area contributed by atoms with E-state index in [4.69, 9.17) is 16.0 Å². The van der Waals surface area contributed by atoms with Crippen molar-refractivity contribution in [3.05, 3.63) is 58.5 Å². The first-order valence-corrected chi connectivity index (χ1v) is 7.53. The zero-order valence-corrected chi connectivity index (χ0v) is 13.6. The van der Waals surface area contributed by atoms with Crippen molar-refractivity contribution < 1.29 is 27.5 Å². The third-order valence-corrected chi connectivity index (χ3v) is 4.01. The van der Waals surface area contributed by atoms with E-state index >= 15 is 0 Å². The SMILES string of the molecule is Cc1ccc(C(=O)N2N=C(c3ccc(Cl)cc3)C[C@]2(O)C(F)(F)F)o1. The van der Waals surface area contributed by atoms with Gasteiger partial charge in [0.2, 0.25) is 0 Å². The zero-order valence-electron chi connectivity index (χ0n) is 12.8. The quantitative estimate of drug-likeness (QED) is 0.873. The van der Waals surface area contributed by atoms with Crippen LogP contribution in [0.15, 0.2) is 45.9 Å². The van der Waals surface area contributed by atoms with Crippen molar-refractivity contribution in [3.63, 3.8) is 0 Å².